The molecule has 0 spiro atoms. The molecule has 4 nitrogen and oxygen atoms in total. The second-order valence-electron chi connectivity index (χ2n) is 3.57. The topological polar surface area (TPSA) is 51.6 Å². The molecule has 1 heterocycles. The highest BCUT2D eigenvalue weighted by atomic mass is 16.5. The van der Waals surface area contributed by atoms with E-state index in [9.17, 15) is 5.21 Å². The number of piperidine rings is 1. The second-order valence-corrected chi connectivity index (χ2v) is 3.57. The number of hydrogen-bond acceptors (Lipinski definition) is 1. The number of hydrogen-bond donors (Lipinski definition) is 0. The Kier molecular flexibility index (Phi) is 2.31. The van der Waals surface area contributed by atoms with E-state index < -0.39 is 0 Å². The highest BCUT2D eigenvalue weighted by Gasteiger charge is 2.26. The van der Waals surface area contributed by atoms with Gasteiger partial charge in [-0.2, -0.15) is 0 Å². The first-order valence-electron chi connectivity index (χ1n) is 4.00. The quantitative estimate of drug-likeness (QED) is 0.318. The first-order valence-corrected chi connectivity index (χ1v) is 4.00. The van der Waals surface area contributed by atoms with Gasteiger partial charge in [0.05, 0.1) is 18.1 Å². The summed E-state index contributed by atoms with van der Waals surface area (Å²) in [6, 6.07) is 0. The Balaban J connectivity index is 2.49. The lowest BCUT2D eigenvalue weighted by molar-refractivity contribution is -0.697. The Bertz CT molecular complexity index is 150. The van der Waals surface area contributed by atoms with Crippen LogP contribution in [0.5, 0.6) is 0 Å². The summed E-state index contributed by atoms with van der Waals surface area (Å²) in [6.07, 6.45) is 1.14. The molecule has 0 aromatic rings. The van der Waals surface area contributed by atoms with E-state index in [0.29, 0.717) is 24.9 Å². The highest BCUT2D eigenvalue weighted by Crippen LogP contribution is 2.20. The third-order valence-electron chi connectivity index (χ3n) is 2.09. The van der Waals surface area contributed by atoms with E-state index in [1.807, 2.05) is 0 Å². The predicted molar refractivity (Wildman–Crippen MR) is 40.3 cm³/mol. The van der Waals surface area contributed by atoms with Gasteiger partial charge in [-0.25, -0.2) is 0 Å². The molecule has 2 atom stereocenters. The minimum atomic E-state index is -0.0356. The Labute approximate surface area is 66.8 Å². The Hall–Kier alpha value is -0.800. The van der Waals surface area contributed by atoms with Crippen LogP contribution < -0.4 is 5.53 Å². The lowest BCUT2D eigenvalue weighted by atomic mass is 9.93. The summed E-state index contributed by atoms with van der Waals surface area (Å²) in [5.74, 6) is 1.00. The van der Waals surface area contributed by atoms with Crippen LogP contribution in [0.1, 0.15) is 20.3 Å². The van der Waals surface area contributed by atoms with Crippen molar-refractivity contribution in [2.24, 2.45) is 11.8 Å². The average molecular weight is 156 g/mol. The molecule has 1 fully saturated rings. The molecule has 0 bridgehead atoms. The number of hydrazine groups is 1. The molecule has 1 radical (unpaired) electrons. The highest BCUT2D eigenvalue weighted by molar-refractivity contribution is 4.69. The van der Waals surface area contributed by atoms with Crippen LogP contribution >= 0.6 is 0 Å². The van der Waals surface area contributed by atoms with Crippen LogP contribution in [-0.4, -0.2) is 23.1 Å². The molecule has 0 aliphatic carbocycles. The van der Waals surface area contributed by atoms with E-state index >= 15 is 0 Å². The normalized spacial score (nSPS) is 32.0. The molecule has 1 rings (SSSR count). The minimum absolute atomic E-state index is 0.0356. The maximum Gasteiger partial charge on any atom is 0.219 e. The molecule has 1 aliphatic rings. The SMILES string of the molecule is CC1CC(C)CN([N+](=[N])[O-])C1. The fraction of sp³-hybridized carbons (Fsp3) is 1.00. The van der Waals surface area contributed by atoms with Crippen molar-refractivity contribution in [2.45, 2.75) is 20.3 Å². The summed E-state index contributed by atoms with van der Waals surface area (Å²) in [7, 11) is 0. The van der Waals surface area contributed by atoms with Crippen molar-refractivity contribution in [2.75, 3.05) is 13.1 Å². The van der Waals surface area contributed by atoms with Crippen LogP contribution in [0.4, 0.5) is 0 Å². The molecule has 0 aromatic heterocycles. The van der Waals surface area contributed by atoms with Gasteiger partial charge in [0.2, 0.25) is 5.53 Å². The molecule has 1 aliphatic heterocycles. The first kappa shape index (κ1) is 8.30. The molecule has 2 unspecified atom stereocenters. The third kappa shape index (κ3) is 2.06. The molecule has 0 amide bonds. The summed E-state index contributed by atoms with van der Waals surface area (Å²) in [5.41, 5.74) is 8.62. The van der Waals surface area contributed by atoms with Crippen molar-refractivity contribution in [3.63, 3.8) is 0 Å². The van der Waals surface area contributed by atoms with Crippen LogP contribution in [0.25, 0.3) is 0 Å². The fourth-order valence-corrected chi connectivity index (χ4v) is 1.77. The Morgan fingerprint density at radius 1 is 1.36 bits per heavy atom. The van der Waals surface area contributed by atoms with Gasteiger partial charge in [0.15, 0.2) is 0 Å². The summed E-state index contributed by atoms with van der Waals surface area (Å²) >= 11 is 0. The molecule has 63 valence electrons. The van der Waals surface area contributed by atoms with Gasteiger partial charge in [0, 0.05) is 0 Å². The van der Waals surface area contributed by atoms with Crippen molar-refractivity contribution < 1.29 is 4.97 Å². The van der Waals surface area contributed by atoms with E-state index in [4.69, 9.17) is 5.53 Å². The molecule has 0 N–H and O–H groups in total. The third-order valence-corrected chi connectivity index (χ3v) is 2.09. The van der Waals surface area contributed by atoms with Gasteiger partial charge in [-0.05, 0) is 18.3 Å². The van der Waals surface area contributed by atoms with Gasteiger partial charge >= 0.3 is 0 Å². The number of nitrogens with zero attached hydrogens (tertiary/aromatic N) is 3. The first-order chi connectivity index (χ1) is 5.09. The minimum Gasteiger partial charge on any atom is -0.570 e. The van der Waals surface area contributed by atoms with Gasteiger partial charge in [-0.15, -0.1) is 5.01 Å². The molecule has 4 heteroatoms. The monoisotopic (exact) mass is 156 g/mol. The number of rotatable bonds is 1. The van der Waals surface area contributed by atoms with Crippen LogP contribution in [-0.2, 0) is 0 Å². The van der Waals surface area contributed by atoms with Crippen LogP contribution in [0.2, 0.25) is 0 Å². The predicted octanol–water partition coefficient (Wildman–Crippen LogP) is 0.642. The summed E-state index contributed by atoms with van der Waals surface area (Å²) in [5, 5.41) is 11.9. The van der Waals surface area contributed by atoms with Crippen LogP contribution in [0.15, 0.2) is 0 Å². The van der Waals surface area contributed by atoms with Gasteiger partial charge in [-0.3, -0.25) is 0 Å². The standard InChI is InChI=1S/C7H14N3O/c1-6-3-7(2)5-9(4-6)10(8)11/h6-7H,3-5H2,1-2H3. The molecule has 0 saturated carbocycles. The van der Waals surface area contributed by atoms with Gasteiger partial charge in [0.25, 0.3) is 0 Å². The smallest absolute Gasteiger partial charge is 0.219 e. The maximum atomic E-state index is 10.5. The maximum absolute atomic E-state index is 10.5. The van der Waals surface area contributed by atoms with Crippen molar-refractivity contribution in [3.05, 3.63) is 5.21 Å². The van der Waals surface area contributed by atoms with Crippen molar-refractivity contribution >= 4 is 0 Å². The fourth-order valence-electron chi connectivity index (χ4n) is 1.77. The van der Waals surface area contributed by atoms with Crippen LogP contribution in [0.3, 0.4) is 0 Å². The molecular weight excluding hydrogens is 142 g/mol. The van der Waals surface area contributed by atoms with E-state index in [1.165, 1.54) is 5.01 Å². The van der Waals surface area contributed by atoms with Crippen molar-refractivity contribution in [1.82, 2.24) is 10.5 Å². The molecule has 1 saturated heterocycles. The average Bonchev–Trinajstić information content (AvgIpc) is 1.85. The van der Waals surface area contributed by atoms with E-state index in [1.54, 1.807) is 0 Å². The molecule has 0 aromatic carbocycles. The van der Waals surface area contributed by atoms with E-state index in [-0.39, 0.29) is 4.97 Å². The largest absolute Gasteiger partial charge is 0.570 e. The van der Waals surface area contributed by atoms with Gasteiger partial charge in [0.1, 0.15) is 0 Å². The lowest BCUT2D eigenvalue weighted by Crippen LogP contribution is -2.42. The molecule has 11 heavy (non-hydrogen) atoms. The Morgan fingerprint density at radius 2 is 1.82 bits per heavy atom. The summed E-state index contributed by atoms with van der Waals surface area (Å²) in [4.78, 5) is -0.0356. The zero-order valence-corrected chi connectivity index (χ0v) is 7.03. The van der Waals surface area contributed by atoms with Crippen LogP contribution in [0, 0.1) is 17.0 Å². The Morgan fingerprint density at radius 3 is 2.18 bits per heavy atom. The molecular formula is C7H14N3O. The van der Waals surface area contributed by atoms with E-state index in [2.05, 4.69) is 13.8 Å². The van der Waals surface area contributed by atoms with E-state index in [0.717, 1.165) is 6.42 Å². The summed E-state index contributed by atoms with van der Waals surface area (Å²) in [6.45, 7) is 5.52. The zero-order valence-electron chi connectivity index (χ0n) is 7.03. The second kappa shape index (κ2) is 3.07. The zero-order chi connectivity index (χ0) is 8.43. The van der Waals surface area contributed by atoms with Crippen molar-refractivity contribution in [3.8, 4) is 0 Å². The van der Waals surface area contributed by atoms with Gasteiger partial charge in [-0.1, -0.05) is 13.8 Å². The lowest BCUT2D eigenvalue weighted by Gasteiger charge is -2.30. The van der Waals surface area contributed by atoms with Crippen molar-refractivity contribution in [1.29, 1.82) is 0 Å². The summed E-state index contributed by atoms with van der Waals surface area (Å²) < 4.78 is 0. The van der Waals surface area contributed by atoms with Gasteiger partial charge < -0.3 is 5.21 Å².